The lowest BCUT2D eigenvalue weighted by atomic mass is 10.0. The molecule has 0 heterocycles. The van der Waals surface area contributed by atoms with Gasteiger partial charge in [0.05, 0.1) is 0 Å². The SMILES string of the molecule is O=C(CNC(=O)c1ccccc1)Oc1ccc(C(=O)c2ccc(Cl)cc2)cc1. The number of hydrogen-bond acceptors (Lipinski definition) is 4. The fourth-order valence-corrected chi connectivity index (χ4v) is 2.58. The Bertz CT molecular complexity index is 983. The summed E-state index contributed by atoms with van der Waals surface area (Å²) in [4.78, 5) is 36.2. The second-order valence-corrected chi connectivity index (χ2v) is 6.32. The van der Waals surface area contributed by atoms with Gasteiger partial charge in [-0.15, -0.1) is 0 Å². The van der Waals surface area contributed by atoms with Crippen LogP contribution in [0.2, 0.25) is 5.02 Å². The molecule has 140 valence electrons. The molecule has 0 unspecified atom stereocenters. The van der Waals surface area contributed by atoms with Crippen LogP contribution in [0.1, 0.15) is 26.3 Å². The number of carbonyl (C=O) groups is 3. The largest absolute Gasteiger partial charge is 0.425 e. The van der Waals surface area contributed by atoms with E-state index in [-0.39, 0.29) is 24.0 Å². The van der Waals surface area contributed by atoms with Gasteiger partial charge in [-0.25, -0.2) is 4.79 Å². The van der Waals surface area contributed by atoms with Crippen LogP contribution in [0, 0.1) is 0 Å². The molecule has 0 aliphatic rings. The number of hydrogen-bond donors (Lipinski definition) is 1. The van der Waals surface area contributed by atoms with Crippen molar-refractivity contribution >= 4 is 29.3 Å². The highest BCUT2D eigenvalue weighted by Crippen LogP contribution is 2.17. The fraction of sp³-hybridized carbons (Fsp3) is 0.0455. The van der Waals surface area contributed by atoms with E-state index in [4.69, 9.17) is 16.3 Å². The van der Waals surface area contributed by atoms with Crippen LogP contribution in [0.5, 0.6) is 5.75 Å². The van der Waals surface area contributed by atoms with Gasteiger partial charge in [0.2, 0.25) is 0 Å². The van der Waals surface area contributed by atoms with Crippen molar-refractivity contribution in [1.82, 2.24) is 5.32 Å². The Morgan fingerprint density at radius 2 is 1.32 bits per heavy atom. The first-order chi connectivity index (χ1) is 13.5. The van der Waals surface area contributed by atoms with Crippen LogP contribution < -0.4 is 10.1 Å². The lowest BCUT2D eigenvalue weighted by Crippen LogP contribution is -2.31. The third-order valence-corrected chi connectivity index (χ3v) is 4.14. The Morgan fingerprint density at radius 1 is 0.750 bits per heavy atom. The summed E-state index contributed by atoms with van der Waals surface area (Å²) < 4.78 is 5.17. The molecule has 5 nitrogen and oxygen atoms in total. The van der Waals surface area contributed by atoms with Gasteiger partial charge in [-0.2, -0.15) is 0 Å². The minimum Gasteiger partial charge on any atom is -0.425 e. The lowest BCUT2D eigenvalue weighted by molar-refractivity contribution is -0.133. The average molecular weight is 394 g/mol. The molecule has 3 aromatic carbocycles. The van der Waals surface area contributed by atoms with Gasteiger partial charge in [0.1, 0.15) is 12.3 Å². The number of carbonyl (C=O) groups excluding carboxylic acids is 3. The number of esters is 1. The maximum Gasteiger partial charge on any atom is 0.330 e. The van der Waals surface area contributed by atoms with Crippen LogP contribution in [0.15, 0.2) is 78.9 Å². The molecule has 28 heavy (non-hydrogen) atoms. The van der Waals surface area contributed by atoms with Gasteiger partial charge in [-0.05, 0) is 60.7 Å². The Kier molecular flexibility index (Phi) is 6.19. The lowest BCUT2D eigenvalue weighted by Gasteiger charge is -2.07. The van der Waals surface area contributed by atoms with Crippen molar-refractivity contribution in [3.63, 3.8) is 0 Å². The Morgan fingerprint density at radius 3 is 1.93 bits per heavy atom. The smallest absolute Gasteiger partial charge is 0.330 e. The summed E-state index contributed by atoms with van der Waals surface area (Å²) in [6.45, 7) is -0.265. The highest BCUT2D eigenvalue weighted by molar-refractivity contribution is 6.30. The fourth-order valence-electron chi connectivity index (χ4n) is 2.45. The molecule has 3 aromatic rings. The van der Waals surface area contributed by atoms with Crippen molar-refractivity contribution in [2.45, 2.75) is 0 Å². The van der Waals surface area contributed by atoms with E-state index in [9.17, 15) is 14.4 Å². The highest BCUT2D eigenvalue weighted by atomic mass is 35.5. The highest BCUT2D eigenvalue weighted by Gasteiger charge is 2.12. The number of benzene rings is 3. The van der Waals surface area contributed by atoms with E-state index < -0.39 is 5.97 Å². The van der Waals surface area contributed by atoms with Gasteiger partial charge in [-0.3, -0.25) is 9.59 Å². The molecule has 0 fully saturated rings. The minimum absolute atomic E-state index is 0.162. The predicted octanol–water partition coefficient (Wildman–Crippen LogP) is 3.91. The maximum absolute atomic E-state index is 12.4. The van der Waals surface area contributed by atoms with Gasteiger partial charge in [0, 0.05) is 21.7 Å². The van der Waals surface area contributed by atoms with E-state index in [0.29, 0.717) is 21.7 Å². The molecule has 0 aliphatic heterocycles. The molecular formula is C22H16ClNO4. The van der Waals surface area contributed by atoms with E-state index in [2.05, 4.69) is 5.32 Å². The number of ketones is 1. The van der Waals surface area contributed by atoms with Gasteiger partial charge >= 0.3 is 5.97 Å². The predicted molar refractivity (Wildman–Crippen MR) is 106 cm³/mol. The van der Waals surface area contributed by atoms with Crippen molar-refractivity contribution in [3.05, 3.63) is 101 Å². The van der Waals surface area contributed by atoms with Gasteiger partial charge in [0.15, 0.2) is 5.78 Å². The molecule has 0 spiro atoms. The van der Waals surface area contributed by atoms with E-state index >= 15 is 0 Å². The molecule has 0 saturated carbocycles. The normalized spacial score (nSPS) is 10.2. The summed E-state index contributed by atoms with van der Waals surface area (Å²) in [5.74, 6) is -0.848. The molecule has 0 aliphatic carbocycles. The Balaban J connectivity index is 1.55. The zero-order valence-corrected chi connectivity index (χ0v) is 15.5. The van der Waals surface area contributed by atoms with Crippen LogP contribution in [0.4, 0.5) is 0 Å². The molecule has 0 bridgehead atoms. The summed E-state index contributed by atoms with van der Waals surface area (Å²) in [7, 11) is 0. The van der Waals surface area contributed by atoms with Crippen LogP contribution in [0.3, 0.4) is 0 Å². The van der Waals surface area contributed by atoms with Crippen molar-refractivity contribution < 1.29 is 19.1 Å². The number of halogens is 1. The van der Waals surface area contributed by atoms with Crippen LogP contribution in [-0.4, -0.2) is 24.2 Å². The van der Waals surface area contributed by atoms with E-state index in [1.807, 2.05) is 0 Å². The first kappa shape index (κ1) is 19.3. The molecule has 1 amide bonds. The molecule has 3 rings (SSSR count). The average Bonchev–Trinajstić information content (AvgIpc) is 2.73. The molecule has 0 atom stereocenters. The summed E-state index contributed by atoms with van der Waals surface area (Å²) in [5, 5.41) is 3.05. The molecule has 0 saturated heterocycles. The Hall–Kier alpha value is -3.44. The summed E-state index contributed by atoms with van der Waals surface area (Å²) in [6.07, 6.45) is 0. The van der Waals surface area contributed by atoms with Gasteiger partial charge in [0.25, 0.3) is 5.91 Å². The Labute approximate surface area is 166 Å². The van der Waals surface area contributed by atoms with Gasteiger partial charge < -0.3 is 10.1 Å². The second-order valence-electron chi connectivity index (χ2n) is 5.88. The zero-order chi connectivity index (χ0) is 19.9. The quantitative estimate of drug-likeness (QED) is 0.391. The maximum atomic E-state index is 12.4. The zero-order valence-electron chi connectivity index (χ0n) is 14.7. The first-order valence-electron chi connectivity index (χ1n) is 8.47. The summed E-state index contributed by atoms with van der Waals surface area (Å²) >= 11 is 5.83. The van der Waals surface area contributed by atoms with E-state index in [1.165, 1.54) is 12.1 Å². The number of nitrogens with one attached hydrogen (secondary N) is 1. The number of rotatable bonds is 6. The van der Waals surface area contributed by atoms with Crippen molar-refractivity contribution in [1.29, 1.82) is 0 Å². The summed E-state index contributed by atoms with van der Waals surface area (Å²) in [5.41, 5.74) is 1.43. The van der Waals surface area contributed by atoms with Crippen LogP contribution >= 0.6 is 11.6 Å². The summed E-state index contributed by atoms with van der Waals surface area (Å²) in [6, 6.07) is 21.4. The first-order valence-corrected chi connectivity index (χ1v) is 8.85. The topological polar surface area (TPSA) is 72.5 Å². The van der Waals surface area contributed by atoms with Crippen LogP contribution in [-0.2, 0) is 4.79 Å². The molecule has 0 radical (unpaired) electrons. The van der Waals surface area contributed by atoms with E-state index in [0.717, 1.165) is 0 Å². The monoisotopic (exact) mass is 393 g/mol. The van der Waals surface area contributed by atoms with Crippen LogP contribution in [0.25, 0.3) is 0 Å². The third-order valence-electron chi connectivity index (χ3n) is 3.88. The standard InChI is InChI=1S/C22H16ClNO4/c23-18-10-6-15(7-11-18)21(26)16-8-12-19(13-9-16)28-20(25)14-24-22(27)17-4-2-1-3-5-17/h1-13H,14H2,(H,24,27). The minimum atomic E-state index is -0.610. The third kappa shape index (κ3) is 5.05. The van der Waals surface area contributed by atoms with Crippen molar-refractivity contribution in [2.75, 3.05) is 6.54 Å². The number of amides is 1. The van der Waals surface area contributed by atoms with Crippen molar-refractivity contribution in [3.8, 4) is 5.75 Å². The van der Waals surface area contributed by atoms with Gasteiger partial charge in [-0.1, -0.05) is 29.8 Å². The molecule has 1 N–H and O–H groups in total. The number of ether oxygens (including phenoxy) is 1. The second kappa shape index (κ2) is 8.97. The molecule has 0 aromatic heterocycles. The van der Waals surface area contributed by atoms with Crippen molar-refractivity contribution in [2.24, 2.45) is 0 Å². The molecule has 6 heteroatoms. The molecular weight excluding hydrogens is 378 g/mol. The van der Waals surface area contributed by atoms with E-state index in [1.54, 1.807) is 66.7 Å².